The number of aryl methyl sites for hydroxylation is 1. The van der Waals surface area contributed by atoms with Gasteiger partial charge >= 0.3 is 0 Å². The van der Waals surface area contributed by atoms with E-state index < -0.39 is 6.04 Å². The predicted octanol–water partition coefficient (Wildman–Crippen LogP) is 1.99. The third-order valence-corrected chi connectivity index (χ3v) is 5.54. The molecule has 1 aromatic heterocycles. The molecule has 1 amide bonds. The number of amides is 1. The Labute approximate surface area is 158 Å². The summed E-state index contributed by atoms with van der Waals surface area (Å²) in [6.07, 6.45) is 4.50. The number of nitriles is 1. The van der Waals surface area contributed by atoms with Crippen LogP contribution >= 0.6 is 0 Å². The summed E-state index contributed by atoms with van der Waals surface area (Å²) >= 11 is 0. The summed E-state index contributed by atoms with van der Waals surface area (Å²) in [6.45, 7) is 1.96. The SMILES string of the molecule is CCc1nc(-c2ccc(C[C@@H](C#N)NC(=O)[C@H]3N[C@@H]4CC[C@H]3C4)cc2)no1. The van der Waals surface area contributed by atoms with E-state index in [-0.39, 0.29) is 11.9 Å². The van der Waals surface area contributed by atoms with Crippen LogP contribution in [-0.4, -0.2) is 34.2 Å². The zero-order valence-corrected chi connectivity index (χ0v) is 15.3. The van der Waals surface area contributed by atoms with Crippen LogP contribution in [0.1, 0.15) is 37.6 Å². The van der Waals surface area contributed by atoms with Crippen molar-refractivity contribution in [2.24, 2.45) is 5.92 Å². The fourth-order valence-corrected chi connectivity index (χ4v) is 4.08. The molecule has 1 aliphatic carbocycles. The minimum absolute atomic E-state index is 0.0516. The van der Waals surface area contributed by atoms with Gasteiger partial charge in [-0.2, -0.15) is 10.2 Å². The molecule has 4 atom stereocenters. The number of nitrogens with zero attached hydrogens (tertiary/aromatic N) is 3. The number of hydrogen-bond acceptors (Lipinski definition) is 6. The number of carbonyl (C=O) groups is 1. The topological polar surface area (TPSA) is 104 Å². The first-order chi connectivity index (χ1) is 13.2. The summed E-state index contributed by atoms with van der Waals surface area (Å²) in [5.41, 5.74) is 1.84. The van der Waals surface area contributed by atoms with Gasteiger partial charge < -0.3 is 15.2 Å². The highest BCUT2D eigenvalue weighted by molar-refractivity contribution is 5.83. The molecule has 1 saturated heterocycles. The van der Waals surface area contributed by atoms with E-state index in [1.165, 1.54) is 0 Å². The average Bonchev–Trinajstić information content (AvgIpc) is 3.44. The van der Waals surface area contributed by atoms with Gasteiger partial charge in [-0.3, -0.25) is 4.79 Å². The molecule has 2 heterocycles. The first kappa shape index (κ1) is 17.7. The smallest absolute Gasteiger partial charge is 0.238 e. The molecule has 27 heavy (non-hydrogen) atoms. The zero-order valence-electron chi connectivity index (χ0n) is 15.3. The van der Waals surface area contributed by atoms with Crippen LogP contribution in [0.2, 0.25) is 0 Å². The van der Waals surface area contributed by atoms with Crippen molar-refractivity contribution in [1.29, 1.82) is 5.26 Å². The van der Waals surface area contributed by atoms with Crippen molar-refractivity contribution in [2.75, 3.05) is 0 Å². The Morgan fingerprint density at radius 1 is 1.41 bits per heavy atom. The average molecular weight is 365 g/mol. The molecule has 2 bridgehead atoms. The van der Waals surface area contributed by atoms with E-state index in [1.807, 2.05) is 31.2 Å². The highest BCUT2D eigenvalue weighted by Gasteiger charge is 2.43. The van der Waals surface area contributed by atoms with E-state index in [1.54, 1.807) is 0 Å². The van der Waals surface area contributed by atoms with Crippen LogP contribution in [0.3, 0.4) is 0 Å². The molecule has 1 saturated carbocycles. The summed E-state index contributed by atoms with van der Waals surface area (Å²) in [6, 6.07) is 9.68. The summed E-state index contributed by atoms with van der Waals surface area (Å²) < 4.78 is 5.14. The van der Waals surface area contributed by atoms with E-state index in [0.29, 0.717) is 36.5 Å². The molecule has 0 radical (unpaired) electrons. The molecular weight excluding hydrogens is 342 g/mol. The molecule has 2 aromatic rings. The van der Waals surface area contributed by atoms with Crippen molar-refractivity contribution in [3.8, 4) is 17.5 Å². The Kier molecular flexibility index (Phi) is 4.90. The lowest BCUT2D eigenvalue weighted by Gasteiger charge is -2.23. The van der Waals surface area contributed by atoms with Crippen LogP contribution in [0.4, 0.5) is 0 Å². The lowest BCUT2D eigenvalue weighted by Crippen LogP contribution is -2.50. The molecule has 1 aliphatic heterocycles. The van der Waals surface area contributed by atoms with Crippen LogP contribution in [0, 0.1) is 17.2 Å². The van der Waals surface area contributed by atoms with Crippen molar-refractivity contribution < 1.29 is 9.32 Å². The van der Waals surface area contributed by atoms with Crippen molar-refractivity contribution in [1.82, 2.24) is 20.8 Å². The quantitative estimate of drug-likeness (QED) is 0.811. The lowest BCUT2D eigenvalue weighted by atomic mass is 9.98. The lowest BCUT2D eigenvalue weighted by molar-refractivity contribution is -0.124. The second-order valence-electron chi connectivity index (χ2n) is 7.37. The van der Waals surface area contributed by atoms with E-state index in [4.69, 9.17) is 4.52 Å². The third-order valence-electron chi connectivity index (χ3n) is 5.54. The van der Waals surface area contributed by atoms with Gasteiger partial charge in [-0.25, -0.2) is 0 Å². The number of hydrogen-bond donors (Lipinski definition) is 2. The summed E-state index contributed by atoms with van der Waals surface area (Å²) in [7, 11) is 0. The number of nitrogens with one attached hydrogen (secondary N) is 2. The van der Waals surface area contributed by atoms with E-state index in [2.05, 4.69) is 26.8 Å². The van der Waals surface area contributed by atoms with Gasteiger partial charge in [-0.1, -0.05) is 36.3 Å². The van der Waals surface area contributed by atoms with Crippen LogP contribution in [0.15, 0.2) is 28.8 Å². The first-order valence-corrected chi connectivity index (χ1v) is 9.54. The van der Waals surface area contributed by atoms with Gasteiger partial charge in [0.1, 0.15) is 6.04 Å². The predicted molar refractivity (Wildman–Crippen MR) is 98.4 cm³/mol. The van der Waals surface area contributed by atoms with E-state index >= 15 is 0 Å². The highest BCUT2D eigenvalue weighted by Crippen LogP contribution is 2.35. The first-order valence-electron chi connectivity index (χ1n) is 9.54. The van der Waals surface area contributed by atoms with Gasteiger partial charge in [0.15, 0.2) is 0 Å². The van der Waals surface area contributed by atoms with Gasteiger partial charge in [-0.05, 0) is 30.7 Å². The molecule has 4 rings (SSSR count). The van der Waals surface area contributed by atoms with E-state index in [0.717, 1.165) is 30.4 Å². The number of fused-ring (bicyclic) bond motifs is 2. The molecule has 0 spiro atoms. The maximum absolute atomic E-state index is 12.5. The Hall–Kier alpha value is -2.72. The maximum atomic E-state index is 12.5. The van der Waals surface area contributed by atoms with Crippen molar-refractivity contribution in [3.63, 3.8) is 0 Å². The van der Waals surface area contributed by atoms with Gasteiger partial charge in [-0.15, -0.1) is 0 Å². The summed E-state index contributed by atoms with van der Waals surface area (Å²) in [4.78, 5) is 16.8. The number of rotatable bonds is 6. The Morgan fingerprint density at radius 2 is 2.22 bits per heavy atom. The van der Waals surface area contributed by atoms with E-state index in [9.17, 15) is 10.1 Å². The largest absolute Gasteiger partial charge is 0.339 e. The van der Waals surface area contributed by atoms with Crippen LogP contribution in [0.25, 0.3) is 11.4 Å². The van der Waals surface area contributed by atoms with Gasteiger partial charge in [0, 0.05) is 24.4 Å². The minimum Gasteiger partial charge on any atom is -0.339 e. The highest BCUT2D eigenvalue weighted by atomic mass is 16.5. The fourth-order valence-electron chi connectivity index (χ4n) is 4.08. The van der Waals surface area contributed by atoms with Crippen LogP contribution < -0.4 is 10.6 Å². The Morgan fingerprint density at radius 3 is 2.81 bits per heavy atom. The molecule has 2 N–H and O–H groups in total. The Bertz CT molecular complexity index is 854. The molecule has 2 fully saturated rings. The molecule has 7 heteroatoms. The molecule has 1 aromatic carbocycles. The minimum atomic E-state index is -0.541. The van der Waals surface area contributed by atoms with Crippen LogP contribution in [-0.2, 0) is 17.6 Å². The summed E-state index contributed by atoms with van der Waals surface area (Å²) in [5.74, 6) is 1.53. The molecule has 7 nitrogen and oxygen atoms in total. The van der Waals surface area contributed by atoms with Gasteiger partial charge in [0.2, 0.25) is 17.6 Å². The third kappa shape index (κ3) is 3.71. The summed E-state index contributed by atoms with van der Waals surface area (Å²) in [5, 5.41) is 19.7. The molecule has 0 unspecified atom stereocenters. The van der Waals surface area contributed by atoms with Crippen molar-refractivity contribution in [3.05, 3.63) is 35.7 Å². The van der Waals surface area contributed by atoms with Crippen LogP contribution in [0.5, 0.6) is 0 Å². The number of carbonyl (C=O) groups excluding carboxylic acids is 1. The number of aromatic nitrogens is 2. The fraction of sp³-hybridized carbons (Fsp3) is 0.500. The standard InChI is InChI=1S/C20H23N5O2/c1-2-17-24-19(25-27-17)13-5-3-12(4-6-13)9-16(11-21)23-20(26)18-14-7-8-15(10-14)22-18/h3-6,14-16,18,22H,2,7-10H2,1H3,(H,23,26)/t14-,15+,16-,18-/m0/s1. The van der Waals surface area contributed by atoms with Gasteiger partial charge in [0.25, 0.3) is 0 Å². The molecule has 2 aliphatic rings. The number of benzene rings is 1. The second kappa shape index (κ2) is 7.49. The molecule has 140 valence electrons. The van der Waals surface area contributed by atoms with Crippen molar-refractivity contribution >= 4 is 5.91 Å². The van der Waals surface area contributed by atoms with Crippen molar-refractivity contribution in [2.45, 2.75) is 57.2 Å². The second-order valence-corrected chi connectivity index (χ2v) is 7.37. The number of piperidine rings is 1. The van der Waals surface area contributed by atoms with Gasteiger partial charge in [0.05, 0.1) is 12.1 Å². The Balaban J connectivity index is 1.37. The molecular formula is C20H23N5O2. The normalized spacial score (nSPS) is 24.5. The zero-order chi connectivity index (χ0) is 18.8. The maximum Gasteiger partial charge on any atom is 0.238 e. The monoisotopic (exact) mass is 365 g/mol.